The molecule has 4 heteroatoms. The van der Waals surface area contributed by atoms with Crippen molar-refractivity contribution < 1.29 is 8.83 Å². The molecule has 58 heavy (non-hydrogen) atoms. The fourth-order valence-electron chi connectivity index (χ4n) is 9.50. The number of furan rings is 2. The van der Waals surface area contributed by atoms with E-state index < -0.39 is 0 Å². The molecule has 0 bridgehead atoms. The van der Waals surface area contributed by atoms with Crippen LogP contribution in [0.4, 0.5) is 22.7 Å². The maximum atomic E-state index is 6.74. The van der Waals surface area contributed by atoms with E-state index >= 15 is 0 Å². The highest BCUT2D eigenvalue weighted by atomic mass is 16.3. The van der Waals surface area contributed by atoms with Crippen molar-refractivity contribution in [3.8, 4) is 0 Å². The van der Waals surface area contributed by atoms with E-state index in [1.165, 1.54) is 43.7 Å². The van der Waals surface area contributed by atoms with Gasteiger partial charge < -0.3 is 18.6 Å². The molecule has 0 fully saturated rings. The molecule has 0 radical (unpaired) electrons. The Labute approximate surface area is 337 Å². The largest absolute Gasteiger partial charge is 0.458 e. The first-order valence-electron chi connectivity index (χ1n) is 20.3. The molecule has 0 aliphatic heterocycles. The van der Waals surface area contributed by atoms with Crippen molar-refractivity contribution in [1.29, 1.82) is 0 Å². The first kappa shape index (κ1) is 34.2. The van der Waals surface area contributed by atoms with E-state index in [9.17, 15) is 0 Å². The predicted molar refractivity (Wildman–Crippen MR) is 245 cm³/mol. The Balaban J connectivity index is 1.15. The number of rotatable bonds is 8. The number of nitrogens with zero attached hydrogens (tertiary/aromatic N) is 2. The lowest BCUT2D eigenvalue weighted by Gasteiger charge is -2.37. The minimum atomic E-state index is -0.0473. The van der Waals surface area contributed by atoms with Crippen molar-refractivity contribution >= 4 is 95.2 Å². The van der Waals surface area contributed by atoms with Gasteiger partial charge in [-0.3, -0.25) is 0 Å². The monoisotopic (exact) mass is 750 g/mol. The van der Waals surface area contributed by atoms with Crippen molar-refractivity contribution in [1.82, 2.24) is 0 Å². The number of allylic oxidation sites excluding steroid dienone is 4. The Morgan fingerprint density at radius 1 is 0.672 bits per heavy atom. The van der Waals surface area contributed by atoms with Gasteiger partial charge in [-0.15, -0.1) is 0 Å². The fraction of sp³-hybridized carbons (Fsp3) is 0.111. The van der Waals surface area contributed by atoms with Gasteiger partial charge >= 0.3 is 0 Å². The molecule has 2 heterocycles. The molecule has 280 valence electrons. The van der Waals surface area contributed by atoms with Crippen LogP contribution < -0.4 is 9.80 Å². The van der Waals surface area contributed by atoms with E-state index in [1.54, 1.807) is 0 Å². The molecule has 2 aliphatic carbocycles. The molecule has 9 aromatic rings. The average molecular weight is 751 g/mol. The number of hydrogen-bond donors (Lipinski definition) is 0. The van der Waals surface area contributed by atoms with Crippen molar-refractivity contribution in [3.63, 3.8) is 0 Å². The highest BCUT2D eigenvalue weighted by Crippen LogP contribution is 2.50. The second-order valence-corrected chi connectivity index (χ2v) is 15.6. The third kappa shape index (κ3) is 5.21. The van der Waals surface area contributed by atoms with E-state index in [2.05, 4.69) is 188 Å². The maximum Gasteiger partial charge on any atom is 0.159 e. The number of anilines is 4. The molecule has 0 saturated carbocycles. The zero-order valence-corrected chi connectivity index (χ0v) is 32.7. The van der Waals surface area contributed by atoms with E-state index in [1.807, 2.05) is 12.1 Å². The van der Waals surface area contributed by atoms with Crippen LogP contribution in [0.25, 0.3) is 72.5 Å². The summed E-state index contributed by atoms with van der Waals surface area (Å²) in [5.74, 6) is 2.28. The van der Waals surface area contributed by atoms with Gasteiger partial charge in [0.05, 0.1) is 17.4 Å². The summed E-state index contributed by atoms with van der Waals surface area (Å²) >= 11 is 0. The SMILES string of the molecule is C=Cc1oc2c(c1/C=C\C)C=CCC2N(C1=CCC(C)C=C1)c1ccc2ccc3c(N(c4ccccc4)c4cccc5c4oc4ccccc45)ccc4ccc1c2c43. The van der Waals surface area contributed by atoms with E-state index in [0.717, 1.165) is 74.5 Å². The molecule has 0 amide bonds. The summed E-state index contributed by atoms with van der Waals surface area (Å²) in [5, 5.41) is 9.55. The normalized spacial score (nSPS) is 16.6. The maximum absolute atomic E-state index is 6.74. The molecule has 0 spiro atoms. The van der Waals surface area contributed by atoms with Crippen LogP contribution in [-0.2, 0) is 0 Å². The number of fused-ring (bicyclic) bond motifs is 4. The highest BCUT2D eigenvalue weighted by Gasteiger charge is 2.33. The zero-order valence-electron chi connectivity index (χ0n) is 32.7. The van der Waals surface area contributed by atoms with Crippen LogP contribution in [0.3, 0.4) is 0 Å². The fourth-order valence-corrected chi connectivity index (χ4v) is 9.50. The Hall–Kier alpha value is -7.04. The van der Waals surface area contributed by atoms with Crippen LogP contribution >= 0.6 is 0 Å². The predicted octanol–water partition coefficient (Wildman–Crippen LogP) is 15.7. The minimum absolute atomic E-state index is 0.0473. The van der Waals surface area contributed by atoms with E-state index in [-0.39, 0.29) is 6.04 Å². The average Bonchev–Trinajstić information content (AvgIpc) is 3.84. The van der Waals surface area contributed by atoms with E-state index in [0.29, 0.717) is 5.92 Å². The Morgan fingerprint density at radius 2 is 1.40 bits per heavy atom. The lowest BCUT2D eigenvalue weighted by molar-refractivity contribution is 0.451. The Kier molecular flexibility index (Phi) is 8.01. The van der Waals surface area contributed by atoms with Crippen LogP contribution in [-0.4, -0.2) is 0 Å². The van der Waals surface area contributed by atoms with Gasteiger partial charge in [0.1, 0.15) is 17.1 Å². The summed E-state index contributed by atoms with van der Waals surface area (Å²) in [6, 6.07) is 43.8. The summed E-state index contributed by atoms with van der Waals surface area (Å²) in [7, 11) is 0. The summed E-state index contributed by atoms with van der Waals surface area (Å²) in [6.07, 6.45) is 19.4. The second-order valence-electron chi connectivity index (χ2n) is 15.6. The third-order valence-corrected chi connectivity index (χ3v) is 12.1. The molecule has 0 N–H and O–H groups in total. The van der Waals surface area contributed by atoms with Gasteiger partial charge in [0.15, 0.2) is 5.58 Å². The van der Waals surface area contributed by atoms with Crippen molar-refractivity contribution in [2.24, 2.45) is 5.92 Å². The molecule has 2 aromatic heterocycles. The molecule has 2 unspecified atom stereocenters. The van der Waals surface area contributed by atoms with Gasteiger partial charge in [-0.1, -0.05) is 135 Å². The summed E-state index contributed by atoms with van der Waals surface area (Å²) in [5.41, 5.74) is 9.50. The smallest absolute Gasteiger partial charge is 0.159 e. The quantitative estimate of drug-likeness (QED) is 0.145. The van der Waals surface area contributed by atoms with Crippen LogP contribution in [0, 0.1) is 5.92 Å². The molecular formula is C54H42N2O2. The van der Waals surface area contributed by atoms with Crippen molar-refractivity contribution in [2.75, 3.05) is 9.80 Å². The molecule has 2 aliphatic rings. The van der Waals surface area contributed by atoms with E-state index in [4.69, 9.17) is 8.83 Å². The summed E-state index contributed by atoms with van der Waals surface area (Å²) in [6.45, 7) is 8.45. The highest BCUT2D eigenvalue weighted by molar-refractivity contribution is 6.28. The third-order valence-electron chi connectivity index (χ3n) is 12.1. The first-order chi connectivity index (χ1) is 28.6. The second kappa shape index (κ2) is 13.6. The first-order valence-corrected chi connectivity index (χ1v) is 20.3. The Morgan fingerprint density at radius 3 is 2.16 bits per heavy atom. The van der Waals surface area contributed by atoms with Crippen molar-refractivity contribution in [2.45, 2.75) is 32.7 Å². The zero-order chi connectivity index (χ0) is 38.9. The summed E-state index contributed by atoms with van der Waals surface area (Å²) in [4.78, 5) is 4.90. The lowest BCUT2D eigenvalue weighted by atomic mass is 9.90. The molecule has 2 atom stereocenters. The van der Waals surface area contributed by atoms with Crippen LogP contribution in [0.1, 0.15) is 55.4 Å². The lowest BCUT2D eigenvalue weighted by Crippen LogP contribution is -2.29. The minimum Gasteiger partial charge on any atom is -0.458 e. The molecule has 4 nitrogen and oxygen atoms in total. The molecule has 11 rings (SSSR count). The number of benzene rings is 7. The topological polar surface area (TPSA) is 32.8 Å². The Bertz CT molecular complexity index is 3190. The van der Waals surface area contributed by atoms with Gasteiger partial charge in [-0.25, -0.2) is 0 Å². The van der Waals surface area contributed by atoms with Crippen LogP contribution in [0.15, 0.2) is 173 Å². The van der Waals surface area contributed by atoms with Gasteiger partial charge in [-0.2, -0.15) is 0 Å². The summed E-state index contributed by atoms with van der Waals surface area (Å²) < 4.78 is 13.4. The van der Waals surface area contributed by atoms with Gasteiger partial charge in [0, 0.05) is 49.7 Å². The van der Waals surface area contributed by atoms with Crippen LogP contribution in [0.5, 0.6) is 0 Å². The molecule has 0 saturated heterocycles. The molecular weight excluding hydrogens is 709 g/mol. The van der Waals surface area contributed by atoms with Gasteiger partial charge in [0.2, 0.25) is 0 Å². The molecule has 7 aromatic carbocycles. The van der Waals surface area contributed by atoms with Crippen LogP contribution in [0.2, 0.25) is 0 Å². The number of para-hydroxylation sites is 3. The van der Waals surface area contributed by atoms with Gasteiger partial charge in [0.25, 0.3) is 0 Å². The van der Waals surface area contributed by atoms with Gasteiger partial charge in [-0.05, 0) is 95.8 Å². The van der Waals surface area contributed by atoms with Crippen molar-refractivity contribution in [3.05, 3.63) is 187 Å². The number of hydrogen-bond acceptors (Lipinski definition) is 4. The standard InChI is InChI=1S/C54H42N2O2/c1-4-13-39-41-17-11-19-47(53(41)57-49(39)5-2)56(38-28-22-34(3)23-29-38)46-33-27-36-24-30-43-45(32-26-35-25-31-44(46)52(36)51(35)43)55(37-14-7-6-8-15-37)48-20-12-18-42-40-16-9-10-21-50(40)58-54(42)48/h4-18,20-22,24-34,47H,2,19,23H2,1,3H3/b13-4-.